The molecule has 5 heteroatoms. The first-order chi connectivity index (χ1) is 12.1. The van der Waals surface area contributed by atoms with E-state index >= 15 is 0 Å². The minimum atomic E-state index is -0.0311. The average molecular weight is 342 g/mol. The van der Waals surface area contributed by atoms with E-state index in [1.165, 1.54) is 5.56 Å². The molecule has 2 aromatic rings. The minimum absolute atomic E-state index is 0.0311. The van der Waals surface area contributed by atoms with Crippen molar-refractivity contribution in [3.8, 4) is 5.75 Å². The van der Waals surface area contributed by atoms with Crippen LogP contribution in [0.1, 0.15) is 33.9 Å². The van der Waals surface area contributed by atoms with Crippen molar-refractivity contribution in [1.29, 1.82) is 0 Å². The van der Waals surface area contributed by atoms with E-state index in [1.54, 1.807) is 6.07 Å². The number of hydrogen-bond acceptors (Lipinski definition) is 4. The summed E-state index contributed by atoms with van der Waals surface area (Å²) in [6, 6.07) is 9.63. The number of carbonyl (C=O) groups is 1. The second-order valence-corrected chi connectivity index (χ2v) is 6.79. The molecular weight excluding hydrogens is 316 g/mol. The molecule has 5 nitrogen and oxygen atoms in total. The molecule has 1 amide bonds. The molecule has 1 aliphatic rings. The monoisotopic (exact) mass is 342 g/mol. The lowest BCUT2D eigenvalue weighted by Crippen LogP contribution is -2.30. The van der Waals surface area contributed by atoms with Crippen molar-refractivity contribution < 1.29 is 13.9 Å². The van der Waals surface area contributed by atoms with E-state index in [9.17, 15) is 4.79 Å². The normalized spacial score (nSPS) is 17.1. The molecule has 1 aliphatic heterocycles. The van der Waals surface area contributed by atoms with Crippen LogP contribution in [0.25, 0.3) is 0 Å². The van der Waals surface area contributed by atoms with Gasteiger partial charge in [0.1, 0.15) is 18.1 Å². The van der Waals surface area contributed by atoms with E-state index in [-0.39, 0.29) is 5.91 Å². The van der Waals surface area contributed by atoms with Crippen LogP contribution in [0.5, 0.6) is 5.75 Å². The molecule has 0 aliphatic carbocycles. The number of amides is 1. The van der Waals surface area contributed by atoms with Crippen molar-refractivity contribution in [3.05, 3.63) is 53.0 Å². The molecule has 0 bridgehead atoms. The van der Waals surface area contributed by atoms with Gasteiger partial charge in [-0.2, -0.15) is 0 Å². The smallest absolute Gasteiger partial charge is 0.289 e. The third kappa shape index (κ3) is 4.23. The largest absolute Gasteiger partial charge is 0.485 e. The summed E-state index contributed by atoms with van der Waals surface area (Å²) in [6.45, 7) is 6.92. The molecule has 1 N–H and O–H groups in total. The Balaban J connectivity index is 1.58. The van der Waals surface area contributed by atoms with Gasteiger partial charge in [-0.1, -0.05) is 17.7 Å². The maximum absolute atomic E-state index is 12.5. The fraction of sp³-hybridized carbons (Fsp3) is 0.450. The number of rotatable bonds is 6. The van der Waals surface area contributed by atoms with Crippen molar-refractivity contribution in [2.45, 2.75) is 26.9 Å². The van der Waals surface area contributed by atoms with Crippen LogP contribution in [0.3, 0.4) is 0 Å². The number of ether oxygens (including phenoxy) is 1. The second-order valence-electron chi connectivity index (χ2n) is 6.79. The topological polar surface area (TPSA) is 54.7 Å². The molecule has 2 heterocycles. The van der Waals surface area contributed by atoms with Crippen LogP contribution in [-0.2, 0) is 6.61 Å². The number of aryl methyl sites for hydroxylation is 2. The molecule has 25 heavy (non-hydrogen) atoms. The molecule has 1 atom stereocenters. The highest BCUT2D eigenvalue weighted by Crippen LogP contribution is 2.22. The standard InChI is InChI=1S/C20H26N2O3/c1-14-4-6-18(15(2)10-14)24-13-17-5-7-19(25-17)20(23)22-9-8-16(12-22)11-21-3/h4-7,10,16,21H,8-9,11-13H2,1-3H3. The number of furan rings is 1. The van der Waals surface area contributed by atoms with E-state index in [4.69, 9.17) is 9.15 Å². The fourth-order valence-electron chi connectivity index (χ4n) is 3.31. The molecule has 3 rings (SSSR count). The predicted octanol–water partition coefficient (Wildman–Crippen LogP) is 3.16. The van der Waals surface area contributed by atoms with Gasteiger partial charge in [0.25, 0.3) is 5.91 Å². The van der Waals surface area contributed by atoms with Crippen LogP contribution in [0, 0.1) is 19.8 Å². The first kappa shape index (κ1) is 17.5. The third-order valence-corrected chi connectivity index (χ3v) is 4.64. The number of likely N-dealkylation sites (tertiary alicyclic amines) is 1. The van der Waals surface area contributed by atoms with Gasteiger partial charge in [0.05, 0.1) is 0 Å². The molecule has 1 saturated heterocycles. The Morgan fingerprint density at radius 2 is 2.16 bits per heavy atom. The van der Waals surface area contributed by atoms with E-state index in [0.29, 0.717) is 24.0 Å². The van der Waals surface area contributed by atoms with Crippen LogP contribution in [0.15, 0.2) is 34.7 Å². The lowest BCUT2D eigenvalue weighted by molar-refractivity contribution is 0.0751. The maximum Gasteiger partial charge on any atom is 0.289 e. The lowest BCUT2D eigenvalue weighted by atomic mass is 10.1. The van der Waals surface area contributed by atoms with Gasteiger partial charge < -0.3 is 19.4 Å². The Bertz CT molecular complexity index is 738. The summed E-state index contributed by atoms with van der Waals surface area (Å²) in [6.07, 6.45) is 1.04. The molecule has 0 spiro atoms. The molecule has 1 aromatic heterocycles. The molecule has 134 valence electrons. The minimum Gasteiger partial charge on any atom is -0.485 e. The van der Waals surface area contributed by atoms with E-state index in [0.717, 1.165) is 37.4 Å². The third-order valence-electron chi connectivity index (χ3n) is 4.64. The van der Waals surface area contributed by atoms with Gasteiger partial charge in [-0.05, 0) is 63.5 Å². The Hall–Kier alpha value is -2.27. The summed E-state index contributed by atoms with van der Waals surface area (Å²) in [5.41, 5.74) is 2.30. The predicted molar refractivity (Wildman–Crippen MR) is 96.9 cm³/mol. The van der Waals surface area contributed by atoms with Crippen molar-refractivity contribution in [2.24, 2.45) is 5.92 Å². The van der Waals surface area contributed by atoms with Gasteiger partial charge in [-0.25, -0.2) is 0 Å². The van der Waals surface area contributed by atoms with E-state index < -0.39 is 0 Å². The number of nitrogens with zero attached hydrogens (tertiary/aromatic N) is 1. The van der Waals surface area contributed by atoms with Gasteiger partial charge in [0, 0.05) is 13.1 Å². The average Bonchev–Trinajstić information content (AvgIpc) is 3.23. The molecule has 0 radical (unpaired) electrons. The van der Waals surface area contributed by atoms with E-state index in [2.05, 4.69) is 18.3 Å². The summed E-state index contributed by atoms with van der Waals surface area (Å²) >= 11 is 0. The zero-order valence-corrected chi connectivity index (χ0v) is 15.2. The quantitative estimate of drug-likeness (QED) is 0.876. The summed E-state index contributed by atoms with van der Waals surface area (Å²) in [7, 11) is 1.94. The first-order valence-corrected chi connectivity index (χ1v) is 8.79. The molecule has 1 aromatic carbocycles. The van der Waals surface area contributed by atoms with Crippen molar-refractivity contribution in [1.82, 2.24) is 10.2 Å². The van der Waals surface area contributed by atoms with Gasteiger partial charge in [-0.3, -0.25) is 4.79 Å². The maximum atomic E-state index is 12.5. The molecular formula is C20H26N2O3. The van der Waals surface area contributed by atoms with Gasteiger partial charge in [0.15, 0.2) is 5.76 Å². The Morgan fingerprint density at radius 3 is 2.92 bits per heavy atom. The SMILES string of the molecule is CNCC1CCN(C(=O)c2ccc(COc3ccc(C)cc3C)o2)C1. The van der Waals surface area contributed by atoms with Crippen LogP contribution >= 0.6 is 0 Å². The van der Waals surface area contributed by atoms with Gasteiger partial charge in [-0.15, -0.1) is 0 Å². The second kappa shape index (κ2) is 7.74. The summed E-state index contributed by atoms with van der Waals surface area (Å²) in [5.74, 6) is 2.38. The lowest BCUT2D eigenvalue weighted by Gasteiger charge is -2.15. The van der Waals surface area contributed by atoms with Crippen LogP contribution in [0.2, 0.25) is 0 Å². The Kier molecular flexibility index (Phi) is 5.43. The number of benzene rings is 1. The highest BCUT2D eigenvalue weighted by atomic mass is 16.5. The van der Waals surface area contributed by atoms with Crippen molar-refractivity contribution >= 4 is 5.91 Å². The zero-order valence-electron chi connectivity index (χ0n) is 15.2. The number of carbonyl (C=O) groups excluding carboxylic acids is 1. The van der Waals surface area contributed by atoms with Crippen molar-refractivity contribution in [3.63, 3.8) is 0 Å². The zero-order chi connectivity index (χ0) is 17.8. The summed E-state index contributed by atoms with van der Waals surface area (Å²) in [4.78, 5) is 14.4. The van der Waals surface area contributed by atoms with Crippen LogP contribution in [-0.4, -0.2) is 37.5 Å². The van der Waals surface area contributed by atoms with Crippen LogP contribution in [0.4, 0.5) is 0 Å². The highest BCUT2D eigenvalue weighted by molar-refractivity contribution is 5.91. The molecule has 0 saturated carbocycles. The number of nitrogens with one attached hydrogen (secondary N) is 1. The summed E-state index contributed by atoms with van der Waals surface area (Å²) < 4.78 is 11.5. The van der Waals surface area contributed by atoms with Gasteiger partial charge in [0.2, 0.25) is 0 Å². The van der Waals surface area contributed by atoms with Crippen molar-refractivity contribution in [2.75, 3.05) is 26.7 Å². The highest BCUT2D eigenvalue weighted by Gasteiger charge is 2.28. The van der Waals surface area contributed by atoms with Gasteiger partial charge >= 0.3 is 0 Å². The summed E-state index contributed by atoms with van der Waals surface area (Å²) in [5, 5.41) is 3.18. The van der Waals surface area contributed by atoms with Crippen LogP contribution < -0.4 is 10.1 Å². The number of hydrogen-bond donors (Lipinski definition) is 1. The Morgan fingerprint density at radius 1 is 1.32 bits per heavy atom. The fourth-order valence-corrected chi connectivity index (χ4v) is 3.31. The van der Waals surface area contributed by atoms with E-state index in [1.807, 2.05) is 37.1 Å². The molecule has 1 unspecified atom stereocenters. The molecule has 1 fully saturated rings. The Labute approximate surface area is 149 Å². The first-order valence-electron chi connectivity index (χ1n) is 8.79.